The first-order chi connectivity index (χ1) is 11.6. The molecular formula is C19H21NO4. The highest BCUT2D eigenvalue weighted by molar-refractivity contribution is 5.90. The van der Waals surface area contributed by atoms with Gasteiger partial charge in [0.2, 0.25) is 0 Å². The third-order valence-electron chi connectivity index (χ3n) is 3.51. The number of benzene rings is 2. The zero-order valence-corrected chi connectivity index (χ0v) is 13.8. The van der Waals surface area contributed by atoms with Gasteiger partial charge in [0.15, 0.2) is 0 Å². The molecule has 0 radical (unpaired) electrons. The molecule has 2 aromatic rings. The van der Waals surface area contributed by atoms with Gasteiger partial charge in [-0.15, -0.1) is 0 Å². The number of ether oxygens (including phenoxy) is 2. The van der Waals surface area contributed by atoms with Crippen molar-refractivity contribution >= 4 is 17.6 Å². The third kappa shape index (κ3) is 4.84. The SMILES string of the molecule is CCOC(=O)c1ccc(NC(Cc2ccccc2)C(=O)OC)cc1. The van der Waals surface area contributed by atoms with Crippen LogP contribution < -0.4 is 5.32 Å². The van der Waals surface area contributed by atoms with Crippen molar-refractivity contribution in [3.05, 3.63) is 65.7 Å². The summed E-state index contributed by atoms with van der Waals surface area (Å²) >= 11 is 0. The Hall–Kier alpha value is -2.82. The van der Waals surface area contributed by atoms with Gasteiger partial charge in [-0.1, -0.05) is 30.3 Å². The van der Waals surface area contributed by atoms with Gasteiger partial charge in [0, 0.05) is 12.1 Å². The van der Waals surface area contributed by atoms with Crippen molar-refractivity contribution in [3.8, 4) is 0 Å². The van der Waals surface area contributed by atoms with Gasteiger partial charge in [0.25, 0.3) is 0 Å². The average molecular weight is 327 g/mol. The van der Waals surface area contributed by atoms with E-state index in [1.54, 1.807) is 31.2 Å². The van der Waals surface area contributed by atoms with Crippen LogP contribution in [-0.4, -0.2) is 31.7 Å². The van der Waals surface area contributed by atoms with Crippen molar-refractivity contribution in [1.82, 2.24) is 0 Å². The molecular weight excluding hydrogens is 306 g/mol. The number of rotatable bonds is 7. The number of carbonyl (C=O) groups excluding carboxylic acids is 2. The lowest BCUT2D eigenvalue weighted by Gasteiger charge is -2.18. The summed E-state index contributed by atoms with van der Waals surface area (Å²) in [6.07, 6.45) is 0.507. The highest BCUT2D eigenvalue weighted by Gasteiger charge is 2.19. The quantitative estimate of drug-likeness (QED) is 0.792. The minimum atomic E-state index is -0.508. The van der Waals surface area contributed by atoms with E-state index in [1.165, 1.54) is 7.11 Å². The molecule has 2 rings (SSSR count). The maximum atomic E-state index is 12.0. The first-order valence-electron chi connectivity index (χ1n) is 7.79. The molecule has 0 spiro atoms. The summed E-state index contributed by atoms with van der Waals surface area (Å²) in [6.45, 7) is 2.10. The summed E-state index contributed by atoms with van der Waals surface area (Å²) < 4.78 is 9.83. The number of methoxy groups -OCH3 is 1. The Kier molecular flexibility index (Phi) is 6.37. The highest BCUT2D eigenvalue weighted by atomic mass is 16.5. The van der Waals surface area contributed by atoms with Gasteiger partial charge in [-0.3, -0.25) is 0 Å². The second-order valence-corrected chi connectivity index (χ2v) is 5.21. The molecule has 5 heteroatoms. The molecule has 0 saturated heterocycles. The molecule has 0 aliphatic carbocycles. The Bertz CT molecular complexity index is 668. The fraction of sp³-hybridized carbons (Fsp3) is 0.263. The van der Waals surface area contributed by atoms with E-state index in [4.69, 9.17) is 9.47 Å². The second kappa shape index (κ2) is 8.72. The minimum absolute atomic E-state index is 0.334. The standard InChI is InChI=1S/C19H21NO4/c1-3-24-18(21)15-9-11-16(12-10-15)20-17(19(22)23-2)13-14-7-5-4-6-8-14/h4-12,17,20H,3,13H2,1-2H3. The van der Waals surface area contributed by atoms with E-state index in [0.717, 1.165) is 11.3 Å². The van der Waals surface area contributed by atoms with E-state index in [-0.39, 0.29) is 11.9 Å². The van der Waals surface area contributed by atoms with Crippen LogP contribution in [0.3, 0.4) is 0 Å². The molecule has 0 aliphatic rings. The van der Waals surface area contributed by atoms with Gasteiger partial charge >= 0.3 is 11.9 Å². The van der Waals surface area contributed by atoms with Crippen molar-refractivity contribution < 1.29 is 19.1 Å². The maximum Gasteiger partial charge on any atom is 0.338 e. The van der Waals surface area contributed by atoms with E-state index < -0.39 is 6.04 Å². The Morgan fingerprint density at radius 3 is 2.29 bits per heavy atom. The first-order valence-corrected chi connectivity index (χ1v) is 7.79. The van der Waals surface area contributed by atoms with Gasteiger partial charge < -0.3 is 14.8 Å². The van der Waals surface area contributed by atoms with Crippen molar-refractivity contribution in [3.63, 3.8) is 0 Å². The number of nitrogens with one attached hydrogen (secondary N) is 1. The van der Waals surface area contributed by atoms with Crippen LogP contribution in [0.2, 0.25) is 0 Å². The molecule has 1 atom stereocenters. The fourth-order valence-electron chi connectivity index (χ4n) is 2.30. The summed E-state index contributed by atoms with van der Waals surface area (Å²) in [6, 6.07) is 16.0. The summed E-state index contributed by atoms with van der Waals surface area (Å²) in [4.78, 5) is 23.7. The topological polar surface area (TPSA) is 64.6 Å². The molecule has 0 bridgehead atoms. The molecule has 0 aromatic heterocycles. The molecule has 126 valence electrons. The molecule has 0 heterocycles. The van der Waals surface area contributed by atoms with Crippen LogP contribution in [0.5, 0.6) is 0 Å². The maximum absolute atomic E-state index is 12.0. The number of hydrogen-bond acceptors (Lipinski definition) is 5. The van der Waals surface area contributed by atoms with Gasteiger partial charge in [0.1, 0.15) is 6.04 Å². The largest absolute Gasteiger partial charge is 0.467 e. The molecule has 0 fully saturated rings. The van der Waals surface area contributed by atoms with Crippen molar-refractivity contribution in [1.29, 1.82) is 0 Å². The smallest absolute Gasteiger partial charge is 0.338 e. The second-order valence-electron chi connectivity index (χ2n) is 5.21. The van der Waals surface area contributed by atoms with Crippen LogP contribution >= 0.6 is 0 Å². The summed E-state index contributed by atoms with van der Waals surface area (Å²) in [5.74, 6) is -0.703. The van der Waals surface area contributed by atoms with Crippen molar-refractivity contribution in [2.45, 2.75) is 19.4 Å². The molecule has 1 unspecified atom stereocenters. The van der Waals surface area contributed by atoms with Crippen LogP contribution in [0.25, 0.3) is 0 Å². The van der Waals surface area contributed by atoms with Crippen LogP contribution in [0, 0.1) is 0 Å². The van der Waals surface area contributed by atoms with Gasteiger partial charge in [-0.2, -0.15) is 0 Å². The summed E-state index contributed by atoms with van der Waals surface area (Å²) in [5.41, 5.74) is 2.23. The van der Waals surface area contributed by atoms with Gasteiger partial charge in [0.05, 0.1) is 19.3 Å². The molecule has 0 aliphatic heterocycles. The van der Waals surface area contributed by atoms with Crippen molar-refractivity contribution in [2.75, 3.05) is 19.0 Å². The average Bonchev–Trinajstić information content (AvgIpc) is 2.62. The number of esters is 2. The van der Waals surface area contributed by atoms with Gasteiger partial charge in [-0.25, -0.2) is 9.59 Å². The Labute approximate surface area is 141 Å². The zero-order valence-electron chi connectivity index (χ0n) is 13.8. The zero-order chi connectivity index (χ0) is 17.4. The molecule has 0 amide bonds. The molecule has 0 saturated carbocycles. The lowest BCUT2D eigenvalue weighted by atomic mass is 10.1. The van der Waals surface area contributed by atoms with Gasteiger partial charge in [-0.05, 0) is 36.8 Å². The number of anilines is 1. The first kappa shape index (κ1) is 17.5. The Balaban J connectivity index is 2.09. The van der Waals surface area contributed by atoms with E-state index in [0.29, 0.717) is 18.6 Å². The van der Waals surface area contributed by atoms with Crippen LogP contribution in [0.4, 0.5) is 5.69 Å². The molecule has 2 aromatic carbocycles. The number of hydrogen-bond donors (Lipinski definition) is 1. The van der Waals surface area contributed by atoms with E-state index in [1.807, 2.05) is 30.3 Å². The van der Waals surface area contributed by atoms with E-state index in [2.05, 4.69) is 5.32 Å². The highest BCUT2D eigenvalue weighted by Crippen LogP contribution is 2.14. The lowest BCUT2D eigenvalue weighted by Crippen LogP contribution is -2.32. The Morgan fingerprint density at radius 1 is 1.04 bits per heavy atom. The fourth-order valence-corrected chi connectivity index (χ4v) is 2.30. The summed E-state index contributed by atoms with van der Waals surface area (Å²) in [7, 11) is 1.37. The summed E-state index contributed by atoms with van der Waals surface area (Å²) in [5, 5.41) is 3.15. The number of carbonyl (C=O) groups is 2. The predicted molar refractivity (Wildman–Crippen MR) is 92.0 cm³/mol. The van der Waals surface area contributed by atoms with Crippen LogP contribution in [-0.2, 0) is 20.7 Å². The predicted octanol–water partition coefficient (Wildman–Crippen LogP) is 3.06. The van der Waals surface area contributed by atoms with Crippen LogP contribution in [0.15, 0.2) is 54.6 Å². The lowest BCUT2D eigenvalue weighted by molar-refractivity contribution is -0.141. The third-order valence-corrected chi connectivity index (χ3v) is 3.51. The normalized spacial score (nSPS) is 11.4. The Morgan fingerprint density at radius 2 is 1.71 bits per heavy atom. The van der Waals surface area contributed by atoms with Crippen LogP contribution in [0.1, 0.15) is 22.8 Å². The molecule has 24 heavy (non-hydrogen) atoms. The van der Waals surface area contributed by atoms with E-state index >= 15 is 0 Å². The van der Waals surface area contributed by atoms with E-state index in [9.17, 15) is 9.59 Å². The molecule has 1 N–H and O–H groups in total. The van der Waals surface area contributed by atoms with Crippen molar-refractivity contribution in [2.24, 2.45) is 0 Å². The minimum Gasteiger partial charge on any atom is -0.467 e. The molecule has 5 nitrogen and oxygen atoms in total. The monoisotopic (exact) mass is 327 g/mol.